The number of fused-ring (bicyclic) bond motifs is 2. The molecular weight excluding hydrogens is 368 g/mol. The molecule has 0 unspecified atom stereocenters. The topological polar surface area (TPSA) is 63.9 Å². The third-order valence-electron chi connectivity index (χ3n) is 5.06. The number of carbonyl (C=O) groups excluding carboxylic acids is 1. The number of rotatable bonds is 6. The first-order chi connectivity index (χ1) is 14.0. The van der Waals surface area contributed by atoms with Crippen molar-refractivity contribution in [3.8, 4) is 17.2 Å². The van der Waals surface area contributed by atoms with E-state index in [9.17, 15) is 9.90 Å². The van der Waals surface area contributed by atoms with Crippen LogP contribution in [0.4, 0.5) is 0 Å². The summed E-state index contributed by atoms with van der Waals surface area (Å²) < 4.78 is 13.3. The minimum absolute atomic E-state index is 0.0455. The standard InChI is InChI=1S/C23H24N2O4/c1-24(2)9-4-10-25-14-15(18-13-17(28-3)6-7-20(18)25)11-22-23(27)19-12-16(26)5-8-21(19)29-22/h5-8,11-14,26H,4,9-10H2,1-3H3/b22-11-. The average molecular weight is 392 g/mol. The number of phenols is 1. The quantitative estimate of drug-likeness (QED) is 0.644. The minimum Gasteiger partial charge on any atom is -0.508 e. The maximum absolute atomic E-state index is 12.7. The zero-order valence-electron chi connectivity index (χ0n) is 16.8. The molecule has 4 rings (SSSR count). The van der Waals surface area contributed by atoms with Crippen LogP contribution in [0, 0.1) is 0 Å². The Balaban J connectivity index is 1.73. The van der Waals surface area contributed by atoms with Gasteiger partial charge in [0.05, 0.1) is 12.7 Å². The molecular formula is C23H24N2O4. The van der Waals surface area contributed by atoms with E-state index in [1.54, 1.807) is 19.3 Å². The Kier molecular flexibility index (Phi) is 5.03. The van der Waals surface area contributed by atoms with E-state index < -0.39 is 0 Å². The summed E-state index contributed by atoms with van der Waals surface area (Å²) in [5.74, 6) is 1.29. The van der Waals surface area contributed by atoms with E-state index >= 15 is 0 Å². The summed E-state index contributed by atoms with van der Waals surface area (Å²) in [6.45, 7) is 1.86. The normalized spacial score (nSPS) is 14.6. The zero-order valence-corrected chi connectivity index (χ0v) is 16.8. The highest BCUT2D eigenvalue weighted by molar-refractivity contribution is 6.15. The molecule has 0 amide bonds. The van der Waals surface area contributed by atoms with E-state index in [2.05, 4.69) is 23.6 Å². The number of hydrogen-bond acceptors (Lipinski definition) is 5. The van der Waals surface area contributed by atoms with E-state index in [0.29, 0.717) is 11.3 Å². The van der Waals surface area contributed by atoms with Crippen LogP contribution >= 0.6 is 0 Å². The second-order valence-corrected chi connectivity index (χ2v) is 7.44. The van der Waals surface area contributed by atoms with Crippen molar-refractivity contribution < 1.29 is 19.4 Å². The number of ether oxygens (including phenoxy) is 2. The summed E-state index contributed by atoms with van der Waals surface area (Å²) in [6, 6.07) is 10.5. The average Bonchev–Trinajstić information content (AvgIpc) is 3.19. The van der Waals surface area contributed by atoms with Crippen LogP contribution in [0.1, 0.15) is 22.3 Å². The molecule has 150 valence electrons. The lowest BCUT2D eigenvalue weighted by Crippen LogP contribution is -2.14. The second kappa shape index (κ2) is 7.64. The summed E-state index contributed by atoms with van der Waals surface area (Å²) >= 11 is 0. The third-order valence-corrected chi connectivity index (χ3v) is 5.06. The predicted octanol–water partition coefficient (Wildman–Crippen LogP) is 3.92. The molecule has 0 saturated heterocycles. The number of phenolic OH excluding ortho intramolecular Hbond substituents is 1. The van der Waals surface area contributed by atoms with Crippen LogP contribution in [0.15, 0.2) is 48.4 Å². The minimum atomic E-state index is -0.229. The second-order valence-electron chi connectivity index (χ2n) is 7.44. The highest BCUT2D eigenvalue weighted by Crippen LogP contribution is 2.35. The first kappa shape index (κ1) is 19.1. The Labute approximate surface area is 169 Å². The van der Waals surface area contributed by atoms with E-state index in [1.807, 2.05) is 24.4 Å². The van der Waals surface area contributed by atoms with Gasteiger partial charge < -0.3 is 24.0 Å². The van der Waals surface area contributed by atoms with Gasteiger partial charge in [-0.1, -0.05) is 0 Å². The van der Waals surface area contributed by atoms with E-state index in [0.717, 1.165) is 41.7 Å². The van der Waals surface area contributed by atoms with Crippen LogP contribution in [-0.4, -0.2) is 48.1 Å². The molecule has 2 aromatic carbocycles. The van der Waals surface area contributed by atoms with Crippen LogP contribution in [0.5, 0.6) is 17.2 Å². The number of Topliss-reactive ketones (excluding diaryl/α,β-unsaturated/α-hetero) is 1. The summed E-state index contributed by atoms with van der Waals surface area (Å²) in [4.78, 5) is 14.9. The van der Waals surface area contributed by atoms with Crippen LogP contribution in [0.3, 0.4) is 0 Å². The number of aromatic nitrogens is 1. The Morgan fingerprint density at radius 3 is 2.79 bits per heavy atom. The number of hydrogen-bond donors (Lipinski definition) is 1. The van der Waals surface area contributed by atoms with Gasteiger partial charge in [-0.3, -0.25) is 4.79 Å². The fourth-order valence-electron chi connectivity index (χ4n) is 3.61. The lowest BCUT2D eigenvalue weighted by Gasteiger charge is -2.10. The number of aromatic hydroxyl groups is 1. The molecule has 1 aromatic heterocycles. The SMILES string of the molecule is COc1ccc2c(c1)c(/C=C1\Oc3ccc(O)cc3C1=O)cn2CCCN(C)C. The van der Waals surface area contributed by atoms with Gasteiger partial charge in [-0.15, -0.1) is 0 Å². The monoisotopic (exact) mass is 392 g/mol. The smallest absolute Gasteiger partial charge is 0.232 e. The number of carbonyl (C=O) groups is 1. The molecule has 1 N–H and O–H groups in total. The fourth-order valence-corrected chi connectivity index (χ4v) is 3.61. The molecule has 6 nitrogen and oxygen atoms in total. The Morgan fingerprint density at radius 2 is 2.03 bits per heavy atom. The molecule has 0 saturated carbocycles. The molecule has 2 heterocycles. The first-order valence-electron chi connectivity index (χ1n) is 9.55. The van der Waals surface area contributed by atoms with Gasteiger partial charge in [0.2, 0.25) is 5.78 Å². The van der Waals surface area contributed by atoms with Gasteiger partial charge in [-0.05, 0) is 69.5 Å². The van der Waals surface area contributed by atoms with Crippen molar-refractivity contribution in [1.29, 1.82) is 0 Å². The Hall–Kier alpha value is -3.25. The molecule has 0 radical (unpaired) electrons. The number of nitrogens with zero attached hydrogens (tertiary/aromatic N) is 2. The van der Waals surface area contributed by atoms with Gasteiger partial charge in [0.15, 0.2) is 5.76 Å². The highest BCUT2D eigenvalue weighted by Gasteiger charge is 2.28. The fraction of sp³-hybridized carbons (Fsp3) is 0.261. The molecule has 0 spiro atoms. The number of ketones is 1. The summed E-state index contributed by atoms with van der Waals surface area (Å²) in [7, 11) is 5.76. The van der Waals surface area contributed by atoms with Crippen molar-refractivity contribution >= 4 is 22.8 Å². The van der Waals surface area contributed by atoms with E-state index in [-0.39, 0.29) is 17.3 Å². The first-order valence-corrected chi connectivity index (χ1v) is 9.55. The van der Waals surface area contributed by atoms with Crippen LogP contribution in [0.2, 0.25) is 0 Å². The van der Waals surface area contributed by atoms with Crippen LogP contribution in [0.25, 0.3) is 17.0 Å². The van der Waals surface area contributed by atoms with E-state index in [4.69, 9.17) is 9.47 Å². The predicted molar refractivity (Wildman–Crippen MR) is 113 cm³/mol. The zero-order chi connectivity index (χ0) is 20.5. The van der Waals surface area contributed by atoms with E-state index in [1.165, 1.54) is 12.1 Å². The molecule has 0 fully saturated rings. The largest absolute Gasteiger partial charge is 0.508 e. The number of methoxy groups -OCH3 is 1. The summed E-state index contributed by atoms with van der Waals surface area (Å²) in [5.41, 5.74) is 2.35. The van der Waals surface area contributed by atoms with Gasteiger partial charge in [-0.2, -0.15) is 0 Å². The molecule has 3 aromatic rings. The van der Waals surface area contributed by atoms with Crippen molar-refractivity contribution in [2.75, 3.05) is 27.7 Å². The Morgan fingerprint density at radius 1 is 1.21 bits per heavy atom. The molecule has 6 heteroatoms. The van der Waals surface area contributed by atoms with Crippen molar-refractivity contribution in [3.05, 3.63) is 59.5 Å². The number of benzene rings is 2. The lowest BCUT2D eigenvalue weighted by molar-refractivity contribution is 0.101. The molecule has 29 heavy (non-hydrogen) atoms. The third kappa shape index (κ3) is 3.71. The van der Waals surface area contributed by atoms with Gasteiger partial charge >= 0.3 is 0 Å². The molecule has 1 aliphatic heterocycles. The van der Waals surface area contributed by atoms with Gasteiger partial charge in [0.25, 0.3) is 0 Å². The van der Waals surface area contributed by atoms with Crippen molar-refractivity contribution in [2.24, 2.45) is 0 Å². The molecule has 1 aliphatic rings. The maximum atomic E-state index is 12.7. The molecule has 0 bridgehead atoms. The lowest BCUT2D eigenvalue weighted by atomic mass is 10.1. The number of allylic oxidation sites excluding steroid dienone is 1. The summed E-state index contributed by atoms with van der Waals surface area (Å²) in [6.07, 6.45) is 4.83. The molecule has 0 aliphatic carbocycles. The molecule has 0 atom stereocenters. The van der Waals surface area contributed by atoms with Gasteiger partial charge in [0, 0.05) is 29.2 Å². The highest BCUT2D eigenvalue weighted by atomic mass is 16.5. The van der Waals surface area contributed by atoms with Crippen molar-refractivity contribution in [2.45, 2.75) is 13.0 Å². The Bertz CT molecular complexity index is 1110. The van der Waals surface area contributed by atoms with Crippen molar-refractivity contribution in [3.63, 3.8) is 0 Å². The maximum Gasteiger partial charge on any atom is 0.232 e. The van der Waals surface area contributed by atoms with Crippen LogP contribution < -0.4 is 9.47 Å². The van der Waals surface area contributed by atoms with Crippen molar-refractivity contribution in [1.82, 2.24) is 9.47 Å². The van der Waals surface area contributed by atoms with Gasteiger partial charge in [0.1, 0.15) is 17.2 Å². The van der Waals surface area contributed by atoms with Crippen LogP contribution in [-0.2, 0) is 6.54 Å². The summed E-state index contributed by atoms with van der Waals surface area (Å²) in [5, 5.41) is 10.7. The number of aryl methyl sites for hydroxylation is 1. The van der Waals surface area contributed by atoms with Gasteiger partial charge in [-0.25, -0.2) is 0 Å².